The Kier molecular flexibility index (Phi) is 5.59. The fourth-order valence-electron chi connectivity index (χ4n) is 3.29. The standard InChI is InChI=1S/C20H25N3O4/c1-25-17-10-13(11-18(26-2)19(17)27-3)20(24)22-15-12-14(21)6-7-16(15)23-8-4-5-9-23/h6-7,10-12H,4-5,8-9,21H2,1-3H3,(H,22,24). The van der Waals surface area contributed by atoms with Crippen LogP contribution in [0.15, 0.2) is 30.3 Å². The number of rotatable bonds is 6. The molecule has 1 fully saturated rings. The molecule has 1 saturated heterocycles. The van der Waals surface area contributed by atoms with Crippen molar-refractivity contribution < 1.29 is 19.0 Å². The molecule has 144 valence electrons. The van der Waals surface area contributed by atoms with Crippen molar-refractivity contribution in [2.24, 2.45) is 0 Å². The summed E-state index contributed by atoms with van der Waals surface area (Å²) in [5.41, 5.74) is 8.61. The normalized spacial score (nSPS) is 13.4. The predicted octanol–water partition coefficient (Wildman–Crippen LogP) is 3.15. The summed E-state index contributed by atoms with van der Waals surface area (Å²) in [6.07, 6.45) is 2.29. The van der Waals surface area contributed by atoms with Gasteiger partial charge in [-0.2, -0.15) is 0 Å². The Morgan fingerprint density at radius 2 is 1.63 bits per heavy atom. The molecular weight excluding hydrogens is 346 g/mol. The van der Waals surface area contributed by atoms with Gasteiger partial charge in [0.05, 0.1) is 32.7 Å². The molecule has 0 aliphatic carbocycles. The number of amides is 1. The first-order valence-corrected chi connectivity index (χ1v) is 8.83. The summed E-state index contributed by atoms with van der Waals surface area (Å²) in [5, 5.41) is 2.97. The monoisotopic (exact) mass is 371 g/mol. The number of benzene rings is 2. The molecule has 1 heterocycles. The zero-order chi connectivity index (χ0) is 19.4. The number of nitrogens with zero attached hydrogens (tertiary/aromatic N) is 1. The highest BCUT2D eigenvalue weighted by atomic mass is 16.5. The molecule has 0 bridgehead atoms. The number of hydrogen-bond acceptors (Lipinski definition) is 6. The van der Waals surface area contributed by atoms with Crippen LogP contribution in [0, 0.1) is 0 Å². The lowest BCUT2D eigenvalue weighted by atomic mass is 10.1. The van der Waals surface area contributed by atoms with Gasteiger partial charge in [-0.3, -0.25) is 4.79 Å². The molecule has 7 nitrogen and oxygen atoms in total. The second kappa shape index (κ2) is 8.07. The molecule has 0 unspecified atom stereocenters. The van der Waals surface area contributed by atoms with E-state index in [2.05, 4.69) is 10.2 Å². The number of methoxy groups -OCH3 is 3. The highest BCUT2D eigenvalue weighted by Gasteiger charge is 2.20. The van der Waals surface area contributed by atoms with E-state index in [1.54, 1.807) is 18.2 Å². The smallest absolute Gasteiger partial charge is 0.255 e. The molecule has 7 heteroatoms. The van der Waals surface area contributed by atoms with E-state index in [4.69, 9.17) is 19.9 Å². The van der Waals surface area contributed by atoms with E-state index in [1.807, 2.05) is 12.1 Å². The Morgan fingerprint density at radius 3 is 2.19 bits per heavy atom. The minimum absolute atomic E-state index is 0.278. The van der Waals surface area contributed by atoms with Crippen LogP contribution in [-0.4, -0.2) is 40.3 Å². The Bertz CT molecular complexity index is 807. The van der Waals surface area contributed by atoms with Gasteiger partial charge in [-0.05, 0) is 43.2 Å². The van der Waals surface area contributed by atoms with Gasteiger partial charge < -0.3 is 30.2 Å². The summed E-state index contributed by atoms with van der Waals surface area (Å²) < 4.78 is 16.0. The number of carbonyl (C=O) groups excluding carboxylic acids is 1. The van der Waals surface area contributed by atoms with Crippen molar-refractivity contribution in [3.63, 3.8) is 0 Å². The summed E-state index contributed by atoms with van der Waals surface area (Å²) in [5.74, 6) is 1.02. The van der Waals surface area contributed by atoms with Crippen molar-refractivity contribution in [3.05, 3.63) is 35.9 Å². The summed E-state index contributed by atoms with van der Waals surface area (Å²) in [6, 6.07) is 8.83. The molecule has 3 rings (SSSR count). The van der Waals surface area contributed by atoms with Crippen molar-refractivity contribution in [3.8, 4) is 17.2 Å². The van der Waals surface area contributed by atoms with E-state index in [1.165, 1.54) is 21.3 Å². The number of nitrogens with two attached hydrogens (primary N) is 1. The number of nitrogens with one attached hydrogen (secondary N) is 1. The number of carbonyl (C=O) groups is 1. The van der Waals surface area contributed by atoms with Crippen LogP contribution in [0.5, 0.6) is 17.2 Å². The van der Waals surface area contributed by atoms with Crippen LogP contribution in [0.3, 0.4) is 0 Å². The maximum absolute atomic E-state index is 12.9. The molecule has 2 aromatic rings. The zero-order valence-corrected chi connectivity index (χ0v) is 15.9. The quantitative estimate of drug-likeness (QED) is 0.759. The topological polar surface area (TPSA) is 86.0 Å². The van der Waals surface area contributed by atoms with Crippen molar-refractivity contribution in [2.45, 2.75) is 12.8 Å². The first kappa shape index (κ1) is 18.7. The van der Waals surface area contributed by atoms with E-state index < -0.39 is 0 Å². The summed E-state index contributed by atoms with van der Waals surface area (Å²) in [6.45, 7) is 1.94. The number of nitrogen functional groups attached to an aromatic ring is 1. The average molecular weight is 371 g/mol. The lowest BCUT2D eigenvalue weighted by Crippen LogP contribution is -2.21. The Morgan fingerprint density at radius 1 is 1.00 bits per heavy atom. The van der Waals surface area contributed by atoms with Gasteiger partial charge in [0.2, 0.25) is 5.75 Å². The summed E-state index contributed by atoms with van der Waals surface area (Å²) in [4.78, 5) is 15.2. The van der Waals surface area contributed by atoms with Crippen LogP contribution in [0.4, 0.5) is 17.1 Å². The average Bonchev–Trinajstić information content (AvgIpc) is 3.21. The second-order valence-electron chi connectivity index (χ2n) is 6.34. The minimum Gasteiger partial charge on any atom is -0.493 e. The Balaban J connectivity index is 1.93. The third-order valence-electron chi connectivity index (χ3n) is 4.64. The summed E-state index contributed by atoms with van der Waals surface area (Å²) in [7, 11) is 4.56. The van der Waals surface area contributed by atoms with Gasteiger partial charge in [0.15, 0.2) is 11.5 Å². The number of ether oxygens (including phenoxy) is 3. The van der Waals surface area contributed by atoms with Crippen molar-refractivity contribution >= 4 is 23.0 Å². The van der Waals surface area contributed by atoms with Crippen molar-refractivity contribution in [1.29, 1.82) is 0 Å². The van der Waals surface area contributed by atoms with Crippen LogP contribution in [0.1, 0.15) is 23.2 Å². The van der Waals surface area contributed by atoms with Crippen LogP contribution in [-0.2, 0) is 0 Å². The third kappa shape index (κ3) is 3.86. The van der Waals surface area contributed by atoms with Gasteiger partial charge in [0.25, 0.3) is 5.91 Å². The third-order valence-corrected chi connectivity index (χ3v) is 4.64. The van der Waals surface area contributed by atoms with Crippen LogP contribution < -0.4 is 30.2 Å². The van der Waals surface area contributed by atoms with E-state index in [9.17, 15) is 4.79 Å². The molecule has 3 N–H and O–H groups in total. The highest BCUT2D eigenvalue weighted by molar-refractivity contribution is 6.07. The molecule has 27 heavy (non-hydrogen) atoms. The highest BCUT2D eigenvalue weighted by Crippen LogP contribution is 2.38. The molecule has 0 aromatic heterocycles. The van der Waals surface area contributed by atoms with Crippen LogP contribution >= 0.6 is 0 Å². The van der Waals surface area contributed by atoms with Crippen molar-refractivity contribution in [1.82, 2.24) is 0 Å². The molecule has 0 atom stereocenters. The molecular formula is C20H25N3O4. The van der Waals surface area contributed by atoms with Crippen molar-refractivity contribution in [2.75, 3.05) is 50.4 Å². The van der Waals surface area contributed by atoms with Gasteiger partial charge in [0.1, 0.15) is 0 Å². The SMILES string of the molecule is COc1cc(C(=O)Nc2cc(N)ccc2N2CCCC2)cc(OC)c1OC. The first-order valence-electron chi connectivity index (χ1n) is 8.83. The van der Waals surface area contributed by atoms with Gasteiger partial charge in [0, 0.05) is 24.3 Å². The minimum atomic E-state index is -0.278. The Labute approximate surface area is 159 Å². The molecule has 0 saturated carbocycles. The Hall–Kier alpha value is -3.09. The second-order valence-corrected chi connectivity index (χ2v) is 6.34. The fourth-order valence-corrected chi connectivity index (χ4v) is 3.29. The van der Waals surface area contributed by atoms with Gasteiger partial charge >= 0.3 is 0 Å². The molecule has 1 aliphatic rings. The lowest BCUT2D eigenvalue weighted by molar-refractivity contribution is 0.102. The van der Waals surface area contributed by atoms with Crippen LogP contribution in [0.25, 0.3) is 0 Å². The van der Waals surface area contributed by atoms with E-state index in [0.29, 0.717) is 34.2 Å². The molecule has 1 aliphatic heterocycles. The maximum Gasteiger partial charge on any atom is 0.255 e. The van der Waals surface area contributed by atoms with Crippen LogP contribution in [0.2, 0.25) is 0 Å². The fraction of sp³-hybridized carbons (Fsp3) is 0.350. The molecule has 2 aromatic carbocycles. The van der Waals surface area contributed by atoms with E-state index in [-0.39, 0.29) is 5.91 Å². The van der Waals surface area contributed by atoms with Gasteiger partial charge in [-0.15, -0.1) is 0 Å². The molecule has 0 spiro atoms. The molecule has 1 amide bonds. The van der Waals surface area contributed by atoms with E-state index >= 15 is 0 Å². The summed E-state index contributed by atoms with van der Waals surface area (Å²) >= 11 is 0. The van der Waals surface area contributed by atoms with Gasteiger partial charge in [-0.1, -0.05) is 0 Å². The predicted molar refractivity (Wildman–Crippen MR) is 106 cm³/mol. The first-order chi connectivity index (χ1) is 13.1. The zero-order valence-electron chi connectivity index (χ0n) is 15.9. The number of anilines is 3. The maximum atomic E-state index is 12.9. The van der Waals surface area contributed by atoms with E-state index in [0.717, 1.165) is 31.6 Å². The van der Waals surface area contributed by atoms with Gasteiger partial charge in [-0.25, -0.2) is 0 Å². The number of hydrogen-bond donors (Lipinski definition) is 2. The lowest BCUT2D eigenvalue weighted by Gasteiger charge is -2.22. The largest absolute Gasteiger partial charge is 0.493 e. The molecule has 0 radical (unpaired) electrons.